The molecule has 1 aromatic carbocycles. The first-order valence-corrected chi connectivity index (χ1v) is 6.45. The molecule has 3 rings (SSSR count). The lowest BCUT2D eigenvalue weighted by Gasteiger charge is -2.35. The highest BCUT2D eigenvalue weighted by atomic mass is 16.5. The normalized spacial score (nSPS) is 25.9. The highest BCUT2D eigenvalue weighted by Gasteiger charge is 2.36. The molecule has 1 saturated heterocycles. The van der Waals surface area contributed by atoms with Crippen LogP contribution >= 0.6 is 0 Å². The maximum absolute atomic E-state index is 11.5. The fourth-order valence-corrected chi connectivity index (χ4v) is 2.57. The summed E-state index contributed by atoms with van der Waals surface area (Å²) in [7, 11) is 0. The highest BCUT2D eigenvalue weighted by molar-refractivity contribution is 6.35. The van der Waals surface area contributed by atoms with Crippen molar-refractivity contribution in [2.75, 3.05) is 13.2 Å². The number of nitrogens with one attached hydrogen (secondary N) is 2. The van der Waals surface area contributed by atoms with Crippen LogP contribution in [0.3, 0.4) is 0 Å². The number of carbonyl (C=O) groups is 2. The Bertz CT molecular complexity index is 556. The standard InChI is InChI=1S/C14H16N2O3/c1-14(8-15-12(17)13(18)16-14)10-4-5-11-9(7-10)3-2-6-19-11/h4-5,7H,2-3,6,8H2,1H3,(H,15,17)(H,16,18). The zero-order chi connectivity index (χ0) is 13.5. The second-order valence-corrected chi connectivity index (χ2v) is 5.24. The van der Waals surface area contributed by atoms with Crippen LogP contribution in [0.1, 0.15) is 24.5 Å². The number of carbonyl (C=O) groups excluding carboxylic acids is 2. The van der Waals surface area contributed by atoms with Crippen molar-refractivity contribution in [1.82, 2.24) is 10.6 Å². The highest BCUT2D eigenvalue weighted by Crippen LogP contribution is 2.30. The van der Waals surface area contributed by atoms with Gasteiger partial charge in [-0.15, -0.1) is 0 Å². The summed E-state index contributed by atoms with van der Waals surface area (Å²) >= 11 is 0. The van der Waals surface area contributed by atoms with Crippen molar-refractivity contribution in [3.05, 3.63) is 29.3 Å². The summed E-state index contributed by atoms with van der Waals surface area (Å²) in [6.07, 6.45) is 2.00. The molecule has 1 fully saturated rings. The summed E-state index contributed by atoms with van der Waals surface area (Å²) < 4.78 is 5.58. The van der Waals surface area contributed by atoms with Crippen LogP contribution in [0, 0.1) is 0 Å². The molecule has 0 aliphatic carbocycles. The maximum atomic E-state index is 11.5. The van der Waals surface area contributed by atoms with Gasteiger partial charge in [0.2, 0.25) is 0 Å². The first-order chi connectivity index (χ1) is 9.08. The Morgan fingerprint density at radius 3 is 2.89 bits per heavy atom. The number of benzene rings is 1. The minimum absolute atomic E-state index is 0.400. The summed E-state index contributed by atoms with van der Waals surface area (Å²) in [6, 6.07) is 5.95. The van der Waals surface area contributed by atoms with Crippen LogP contribution in [-0.2, 0) is 21.5 Å². The molecule has 5 heteroatoms. The van der Waals surface area contributed by atoms with Gasteiger partial charge in [0.25, 0.3) is 0 Å². The van der Waals surface area contributed by atoms with Gasteiger partial charge in [0.15, 0.2) is 0 Å². The van der Waals surface area contributed by atoms with E-state index < -0.39 is 17.4 Å². The number of rotatable bonds is 1. The molecule has 0 saturated carbocycles. The van der Waals surface area contributed by atoms with Crippen molar-refractivity contribution in [2.24, 2.45) is 0 Å². The molecule has 0 bridgehead atoms. The van der Waals surface area contributed by atoms with E-state index in [1.165, 1.54) is 0 Å². The fraction of sp³-hybridized carbons (Fsp3) is 0.429. The van der Waals surface area contributed by atoms with E-state index in [9.17, 15) is 9.59 Å². The molecule has 5 nitrogen and oxygen atoms in total. The molecule has 0 radical (unpaired) electrons. The lowest BCUT2D eigenvalue weighted by molar-refractivity contribution is -0.142. The van der Waals surface area contributed by atoms with Crippen LogP contribution in [0.4, 0.5) is 0 Å². The lowest BCUT2D eigenvalue weighted by Crippen LogP contribution is -2.60. The maximum Gasteiger partial charge on any atom is 0.310 e. The van der Waals surface area contributed by atoms with Crippen LogP contribution in [0.5, 0.6) is 5.75 Å². The number of ether oxygens (including phenoxy) is 1. The Labute approximate surface area is 111 Å². The summed E-state index contributed by atoms with van der Waals surface area (Å²) in [5.74, 6) is -0.230. The Balaban J connectivity index is 1.93. The Morgan fingerprint density at radius 1 is 1.26 bits per heavy atom. The number of piperazine rings is 1. The van der Waals surface area contributed by atoms with Gasteiger partial charge in [-0.2, -0.15) is 0 Å². The summed E-state index contributed by atoms with van der Waals surface area (Å²) in [5, 5.41) is 5.39. The number of amides is 2. The average Bonchev–Trinajstić information content (AvgIpc) is 2.43. The third kappa shape index (κ3) is 2.05. The second-order valence-electron chi connectivity index (χ2n) is 5.24. The first-order valence-electron chi connectivity index (χ1n) is 6.45. The monoisotopic (exact) mass is 260 g/mol. The first kappa shape index (κ1) is 12.0. The molecule has 0 spiro atoms. The lowest BCUT2D eigenvalue weighted by atomic mass is 9.88. The molecule has 0 aromatic heterocycles. The quantitative estimate of drug-likeness (QED) is 0.721. The third-order valence-electron chi connectivity index (χ3n) is 3.74. The van der Waals surface area contributed by atoms with Gasteiger partial charge in [0.1, 0.15) is 5.75 Å². The van der Waals surface area contributed by atoms with Crippen molar-refractivity contribution in [3.8, 4) is 5.75 Å². The molecule has 2 aliphatic heterocycles. The second kappa shape index (κ2) is 4.26. The van der Waals surface area contributed by atoms with Crippen LogP contribution in [0.25, 0.3) is 0 Å². The van der Waals surface area contributed by atoms with Gasteiger partial charge in [-0.25, -0.2) is 0 Å². The van der Waals surface area contributed by atoms with Crippen molar-refractivity contribution in [3.63, 3.8) is 0 Å². The van der Waals surface area contributed by atoms with E-state index in [1.54, 1.807) is 0 Å². The molecule has 1 unspecified atom stereocenters. The molecule has 2 amide bonds. The zero-order valence-electron chi connectivity index (χ0n) is 10.8. The van der Waals surface area contributed by atoms with Crippen molar-refractivity contribution in [1.29, 1.82) is 0 Å². The Kier molecular flexibility index (Phi) is 2.69. The molecule has 2 N–H and O–H groups in total. The van der Waals surface area contributed by atoms with Gasteiger partial charge in [0.05, 0.1) is 12.1 Å². The van der Waals surface area contributed by atoms with Crippen LogP contribution in [0.2, 0.25) is 0 Å². The van der Waals surface area contributed by atoms with Crippen molar-refractivity contribution < 1.29 is 14.3 Å². The van der Waals surface area contributed by atoms with Gasteiger partial charge >= 0.3 is 11.8 Å². The van der Waals surface area contributed by atoms with E-state index in [4.69, 9.17) is 4.74 Å². The number of fused-ring (bicyclic) bond motifs is 1. The number of hydrogen-bond donors (Lipinski definition) is 2. The average molecular weight is 260 g/mol. The summed E-state index contributed by atoms with van der Waals surface area (Å²) in [6.45, 7) is 3.07. The van der Waals surface area contributed by atoms with Gasteiger partial charge in [-0.05, 0) is 43.0 Å². The Morgan fingerprint density at radius 2 is 2.11 bits per heavy atom. The molecule has 1 atom stereocenters. The number of hydrogen-bond acceptors (Lipinski definition) is 3. The topological polar surface area (TPSA) is 67.4 Å². The summed E-state index contributed by atoms with van der Waals surface area (Å²) in [4.78, 5) is 22.7. The minimum Gasteiger partial charge on any atom is -0.493 e. The largest absolute Gasteiger partial charge is 0.493 e. The van der Waals surface area contributed by atoms with E-state index in [0.29, 0.717) is 6.54 Å². The van der Waals surface area contributed by atoms with Crippen molar-refractivity contribution >= 4 is 11.8 Å². The molecule has 1 aromatic rings. The van der Waals surface area contributed by atoms with E-state index >= 15 is 0 Å². The van der Waals surface area contributed by atoms with Crippen LogP contribution < -0.4 is 15.4 Å². The predicted octanol–water partition coefficient (Wildman–Crippen LogP) is 0.473. The van der Waals surface area contributed by atoms with E-state index in [-0.39, 0.29) is 0 Å². The Hall–Kier alpha value is -2.04. The van der Waals surface area contributed by atoms with E-state index in [2.05, 4.69) is 16.7 Å². The third-order valence-corrected chi connectivity index (χ3v) is 3.74. The van der Waals surface area contributed by atoms with E-state index in [0.717, 1.165) is 36.3 Å². The molecular weight excluding hydrogens is 244 g/mol. The van der Waals surface area contributed by atoms with Gasteiger partial charge in [0, 0.05) is 6.54 Å². The van der Waals surface area contributed by atoms with Gasteiger partial charge in [-0.3, -0.25) is 9.59 Å². The summed E-state index contributed by atoms with van der Waals surface area (Å²) in [5.41, 5.74) is 1.60. The molecule has 2 aliphatic rings. The number of aryl methyl sites for hydroxylation is 1. The molecule has 100 valence electrons. The molecule has 19 heavy (non-hydrogen) atoms. The SMILES string of the molecule is CC1(c2ccc3c(c2)CCCO3)CNC(=O)C(=O)N1. The fourth-order valence-electron chi connectivity index (χ4n) is 2.57. The van der Waals surface area contributed by atoms with Gasteiger partial charge in [-0.1, -0.05) is 6.07 Å². The molecular formula is C14H16N2O3. The molecule has 2 heterocycles. The minimum atomic E-state index is -0.581. The zero-order valence-corrected chi connectivity index (χ0v) is 10.8. The van der Waals surface area contributed by atoms with Crippen molar-refractivity contribution in [2.45, 2.75) is 25.3 Å². The van der Waals surface area contributed by atoms with Gasteiger partial charge < -0.3 is 15.4 Å². The van der Waals surface area contributed by atoms with Crippen LogP contribution in [-0.4, -0.2) is 25.0 Å². The van der Waals surface area contributed by atoms with Crippen LogP contribution in [0.15, 0.2) is 18.2 Å². The predicted molar refractivity (Wildman–Crippen MR) is 68.8 cm³/mol. The van der Waals surface area contributed by atoms with E-state index in [1.807, 2.05) is 19.1 Å². The smallest absolute Gasteiger partial charge is 0.310 e.